The van der Waals surface area contributed by atoms with Gasteiger partial charge >= 0.3 is 0 Å². The highest BCUT2D eigenvalue weighted by molar-refractivity contribution is 7.97. The van der Waals surface area contributed by atoms with E-state index in [0.29, 0.717) is 11.4 Å². The van der Waals surface area contributed by atoms with Crippen LogP contribution in [0.4, 0.5) is 5.69 Å². The van der Waals surface area contributed by atoms with E-state index in [1.807, 2.05) is 44.2 Å². The van der Waals surface area contributed by atoms with Crippen molar-refractivity contribution >= 4 is 23.5 Å². The lowest BCUT2D eigenvalue weighted by Gasteiger charge is -2.31. The molecule has 0 unspecified atom stereocenters. The van der Waals surface area contributed by atoms with E-state index in [4.69, 9.17) is 5.21 Å². The average molecular weight is 375 g/mol. The minimum atomic E-state index is -0.676. The molecule has 26 heavy (non-hydrogen) atoms. The maximum atomic E-state index is 12.2. The second kappa shape index (κ2) is 9.33. The van der Waals surface area contributed by atoms with Crippen molar-refractivity contribution in [2.24, 2.45) is 5.92 Å². The van der Waals surface area contributed by atoms with Gasteiger partial charge in [0.05, 0.1) is 4.92 Å². The Morgan fingerprint density at radius 3 is 2.38 bits per heavy atom. The number of hydroxylamine groups is 1. The van der Waals surface area contributed by atoms with E-state index in [2.05, 4.69) is 0 Å². The first-order chi connectivity index (χ1) is 12.4. The van der Waals surface area contributed by atoms with Crippen molar-refractivity contribution in [2.75, 3.05) is 0 Å². The van der Waals surface area contributed by atoms with Gasteiger partial charge in [0.25, 0.3) is 11.6 Å². The predicted molar refractivity (Wildman–Crippen MR) is 99.5 cm³/mol. The number of hydrogen-bond acceptors (Lipinski definition) is 6. The predicted octanol–water partition coefficient (Wildman–Crippen LogP) is 3.63. The topological polar surface area (TPSA) is 95.7 Å². The van der Waals surface area contributed by atoms with E-state index < -0.39 is 16.9 Å². The van der Waals surface area contributed by atoms with Gasteiger partial charge in [-0.2, -0.15) is 0 Å². The molecule has 0 heterocycles. The highest BCUT2D eigenvalue weighted by atomic mass is 32.2. The van der Waals surface area contributed by atoms with Crippen LogP contribution in [-0.2, 0) is 11.3 Å². The molecule has 2 N–H and O–H groups in total. The number of carbonyl (C=O) groups is 1. The third-order valence-electron chi connectivity index (χ3n) is 3.78. The minimum Gasteiger partial charge on any atom is -0.289 e. The number of rotatable bonds is 8. The van der Waals surface area contributed by atoms with Crippen LogP contribution < -0.4 is 5.48 Å². The maximum absolute atomic E-state index is 12.2. The summed E-state index contributed by atoms with van der Waals surface area (Å²) in [4.78, 5) is 23.5. The van der Waals surface area contributed by atoms with Crippen LogP contribution in [0.25, 0.3) is 0 Å². The fourth-order valence-electron chi connectivity index (χ4n) is 2.59. The SMILES string of the molecule is CC(C)[C@@H](C(=O)NO)N(Cc1ccccc1)Sc1ccccc1[N+](=O)[O-]. The van der Waals surface area contributed by atoms with Crippen LogP contribution in [0.5, 0.6) is 0 Å². The Morgan fingerprint density at radius 2 is 1.81 bits per heavy atom. The van der Waals surface area contributed by atoms with Gasteiger partial charge in [0.1, 0.15) is 10.9 Å². The summed E-state index contributed by atoms with van der Waals surface area (Å²) in [5, 5.41) is 20.4. The van der Waals surface area contributed by atoms with E-state index in [0.717, 1.165) is 17.5 Å². The van der Waals surface area contributed by atoms with Gasteiger partial charge in [0.15, 0.2) is 0 Å². The molecule has 2 aromatic rings. The molecule has 0 aliphatic carbocycles. The van der Waals surface area contributed by atoms with Gasteiger partial charge in [0.2, 0.25) is 0 Å². The zero-order valence-electron chi connectivity index (χ0n) is 14.5. The van der Waals surface area contributed by atoms with Crippen LogP contribution in [0.2, 0.25) is 0 Å². The summed E-state index contributed by atoms with van der Waals surface area (Å²) in [5.74, 6) is -0.678. The van der Waals surface area contributed by atoms with Crippen LogP contribution in [0, 0.1) is 16.0 Å². The quantitative estimate of drug-likeness (QED) is 0.317. The van der Waals surface area contributed by atoms with Crippen LogP contribution in [-0.4, -0.2) is 26.4 Å². The van der Waals surface area contributed by atoms with Crippen LogP contribution in [0.3, 0.4) is 0 Å². The number of nitrogens with one attached hydrogen (secondary N) is 1. The Morgan fingerprint density at radius 1 is 1.19 bits per heavy atom. The Labute approximate surface area is 156 Å². The molecule has 0 saturated carbocycles. The summed E-state index contributed by atoms with van der Waals surface area (Å²) < 4.78 is 1.76. The summed E-state index contributed by atoms with van der Waals surface area (Å²) in [5.41, 5.74) is 2.64. The Balaban J connectivity index is 2.40. The molecule has 138 valence electrons. The highest BCUT2D eigenvalue weighted by Gasteiger charge is 2.31. The molecule has 8 heteroatoms. The standard InChI is InChI=1S/C18H21N3O4S/c1-13(2)17(18(22)19-23)20(12-14-8-4-3-5-9-14)26-16-11-7-6-10-15(16)21(24)25/h3-11,13,17,23H,12H2,1-2H3,(H,19,22)/t17-/m0/s1. The van der Waals surface area contributed by atoms with Gasteiger partial charge in [-0.05, 0) is 29.5 Å². The summed E-state index contributed by atoms with van der Waals surface area (Å²) in [7, 11) is 0. The van der Waals surface area contributed by atoms with Gasteiger partial charge in [-0.15, -0.1) is 0 Å². The van der Waals surface area contributed by atoms with E-state index in [1.54, 1.807) is 28.0 Å². The van der Waals surface area contributed by atoms with Gasteiger partial charge in [-0.1, -0.05) is 56.3 Å². The lowest BCUT2D eigenvalue weighted by molar-refractivity contribution is -0.387. The molecule has 0 bridgehead atoms. The zero-order valence-corrected chi connectivity index (χ0v) is 15.3. The summed E-state index contributed by atoms with van der Waals surface area (Å²) >= 11 is 1.14. The Hall–Kier alpha value is -2.42. The van der Waals surface area contributed by atoms with Crippen molar-refractivity contribution in [3.8, 4) is 0 Å². The zero-order chi connectivity index (χ0) is 19.1. The molecule has 0 aliphatic heterocycles. The lowest BCUT2D eigenvalue weighted by Crippen LogP contribution is -2.45. The first-order valence-corrected chi connectivity index (χ1v) is 8.87. The van der Waals surface area contributed by atoms with Gasteiger partial charge in [-0.3, -0.25) is 20.1 Å². The van der Waals surface area contributed by atoms with Gasteiger partial charge in [-0.25, -0.2) is 9.79 Å². The molecule has 1 amide bonds. The molecule has 0 spiro atoms. The van der Waals surface area contributed by atoms with E-state index in [-0.39, 0.29) is 11.6 Å². The van der Waals surface area contributed by atoms with Crippen LogP contribution in [0.15, 0.2) is 59.5 Å². The molecule has 2 aromatic carbocycles. The number of amides is 1. The number of nitro groups is 1. The van der Waals surface area contributed by atoms with E-state index in [9.17, 15) is 14.9 Å². The molecular formula is C18H21N3O4S. The average Bonchev–Trinajstić information content (AvgIpc) is 2.62. The van der Waals surface area contributed by atoms with Crippen LogP contribution in [0.1, 0.15) is 19.4 Å². The van der Waals surface area contributed by atoms with Crippen molar-refractivity contribution in [1.82, 2.24) is 9.79 Å². The number of carbonyl (C=O) groups excluding carboxylic acids is 1. The molecule has 0 saturated heterocycles. The first kappa shape index (κ1) is 19.9. The summed E-state index contributed by atoms with van der Waals surface area (Å²) in [6.07, 6.45) is 0. The molecule has 7 nitrogen and oxygen atoms in total. The third kappa shape index (κ3) is 5.04. The Kier molecular flexibility index (Phi) is 7.14. The molecule has 1 atom stereocenters. The number of hydrogen-bond donors (Lipinski definition) is 2. The summed E-state index contributed by atoms with van der Waals surface area (Å²) in [6.45, 7) is 4.10. The number of nitro benzene ring substituents is 1. The van der Waals surface area contributed by atoms with Gasteiger partial charge < -0.3 is 0 Å². The van der Waals surface area contributed by atoms with Crippen molar-refractivity contribution < 1.29 is 14.9 Å². The van der Waals surface area contributed by atoms with Crippen molar-refractivity contribution in [3.63, 3.8) is 0 Å². The lowest BCUT2D eigenvalue weighted by atomic mass is 10.0. The molecular weight excluding hydrogens is 354 g/mol. The first-order valence-electron chi connectivity index (χ1n) is 8.10. The molecule has 0 aromatic heterocycles. The number of benzene rings is 2. The molecule has 0 radical (unpaired) electrons. The summed E-state index contributed by atoms with van der Waals surface area (Å²) in [6, 6.07) is 15.2. The van der Waals surface area contributed by atoms with Crippen molar-refractivity contribution in [2.45, 2.75) is 31.3 Å². The smallest absolute Gasteiger partial charge is 0.284 e. The maximum Gasteiger partial charge on any atom is 0.284 e. The fraction of sp³-hybridized carbons (Fsp3) is 0.278. The molecule has 2 rings (SSSR count). The van der Waals surface area contributed by atoms with Gasteiger partial charge in [0, 0.05) is 12.6 Å². The van der Waals surface area contributed by atoms with Crippen molar-refractivity contribution in [1.29, 1.82) is 0 Å². The largest absolute Gasteiger partial charge is 0.289 e. The number of para-hydroxylation sites is 1. The number of nitrogens with zero attached hydrogens (tertiary/aromatic N) is 2. The van der Waals surface area contributed by atoms with Crippen LogP contribution >= 0.6 is 11.9 Å². The van der Waals surface area contributed by atoms with Crippen molar-refractivity contribution in [3.05, 3.63) is 70.3 Å². The highest BCUT2D eigenvalue weighted by Crippen LogP contribution is 2.35. The Bertz CT molecular complexity index is 755. The molecule has 0 aliphatic rings. The monoisotopic (exact) mass is 375 g/mol. The minimum absolute atomic E-state index is 0.0255. The second-order valence-corrected chi connectivity index (χ2v) is 7.13. The van der Waals surface area contributed by atoms with E-state index in [1.165, 1.54) is 6.07 Å². The molecule has 0 fully saturated rings. The third-order valence-corrected chi connectivity index (χ3v) is 4.91. The fourth-order valence-corrected chi connectivity index (χ4v) is 3.89. The van der Waals surface area contributed by atoms with E-state index >= 15 is 0 Å². The normalized spacial score (nSPS) is 12.2. The second-order valence-electron chi connectivity index (χ2n) is 6.04.